The Kier molecular flexibility index (Phi) is 5.83. The molecule has 0 fully saturated rings. The van der Waals surface area contributed by atoms with Crippen LogP contribution in [0.4, 0.5) is 10.1 Å². The molecule has 0 bridgehead atoms. The maximum absolute atomic E-state index is 13.2. The molecule has 0 atom stereocenters. The number of carbonyl (C=O) groups is 1. The van der Waals surface area contributed by atoms with E-state index in [4.69, 9.17) is 9.47 Å². The van der Waals surface area contributed by atoms with E-state index in [1.54, 1.807) is 48.2 Å². The molecule has 7 heteroatoms. The molecule has 0 saturated heterocycles. The second kappa shape index (κ2) is 8.46. The number of benzene rings is 2. The minimum atomic E-state index is -0.437. The lowest BCUT2D eigenvalue weighted by molar-refractivity contribution is -0.118. The second-order valence-electron chi connectivity index (χ2n) is 5.87. The van der Waals surface area contributed by atoms with Gasteiger partial charge >= 0.3 is 0 Å². The average Bonchev–Trinajstić information content (AvgIpc) is 2.66. The summed E-state index contributed by atoms with van der Waals surface area (Å²) in [5, 5.41) is 3.68. The van der Waals surface area contributed by atoms with E-state index < -0.39 is 11.7 Å². The predicted octanol–water partition coefficient (Wildman–Crippen LogP) is 2.80. The van der Waals surface area contributed by atoms with Crippen molar-refractivity contribution in [3.63, 3.8) is 0 Å². The Morgan fingerprint density at radius 3 is 2.74 bits per heavy atom. The van der Waals surface area contributed by atoms with Crippen molar-refractivity contribution in [3.8, 4) is 5.75 Å². The smallest absolute Gasteiger partial charge is 0.262 e. The van der Waals surface area contributed by atoms with Crippen LogP contribution in [0.25, 0.3) is 10.8 Å². The van der Waals surface area contributed by atoms with Gasteiger partial charge in [0, 0.05) is 30.9 Å². The number of nitrogens with zero attached hydrogens (tertiary/aromatic N) is 1. The van der Waals surface area contributed by atoms with Gasteiger partial charge in [-0.2, -0.15) is 0 Å². The third-order valence-electron chi connectivity index (χ3n) is 3.98. The number of ether oxygens (including phenoxy) is 2. The van der Waals surface area contributed by atoms with Gasteiger partial charge in [0.25, 0.3) is 11.5 Å². The number of anilines is 1. The number of rotatable bonds is 7. The van der Waals surface area contributed by atoms with Gasteiger partial charge in [0.05, 0.1) is 12.0 Å². The number of carbonyl (C=O) groups excluding carboxylic acids is 1. The second-order valence-corrected chi connectivity index (χ2v) is 5.87. The van der Waals surface area contributed by atoms with Crippen LogP contribution in [0.3, 0.4) is 0 Å². The van der Waals surface area contributed by atoms with E-state index in [1.165, 1.54) is 18.2 Å². The molecule has 0 aliphatic rings. The highest BCUT2D eigenvalue weighted by atomic mass is 19.1. The summed E-state index contributed by atoms with van der Waals surface area (Å²) >= 11 is 0. The number of amides is 1. The van der Waals surface area contributed by atoms with Crippen LogP contribution >= 0.6 is 0 Å². The quantitative estimate of drug-likeness (QED) is 0.694. The Balaban J connectivity index is 1.74. The van der Waals surface area contributed by atoms with Crippen molar-refractivity contribution < 1.29 is 18.7 Å². The van der Waals surface area contributed by atoms with Crippen LogP contribution < -0.4 is 15.6 Å². The minimum absolute atomic E-state index is 0.154. The van der Waals surface area contributed by atoms with Gasteiger partial charge < -0.3 is 19.4 Å². The number of hydrogen-bond acceptors (Lipinski definition) is 4. The van der Waals surface area contributed by atoms with Crippen molar-refractivity contribution in [2.24, 2.45) is 0 Å². The summed E-state index contributed by atoms with van der Waals surface area (Å²) in [5.74, 6) is -0.434. The molecule has 0 aliphatic heterocycles. The van der Waals surface area contributed by atoms with Crippen LogP contribution in [-0.4, -0.2) is 30.8 Å². The number of aromatic nitrogens is 1. The monoisotopic (exact) mass is 370 g/mol. The third kappa shape index (κ3) is 4.51. The first-order valence-electron chi connectivity index (χ1n) is 8.38. The number of methoxy groups -OCH3 is 1. The molecule has 0 radical (unpaired) electrons. The molecule has 1 N–H and O–H groups in total. The Bertz CT molecular complexity index is 1020. The minimum Gasteiger partial charge on any atom is -0.483 e. The van der Waals surface area contributed by atoms with Crippen molar-refractivity contribution in [2.75, 3.05) is 25.6 Å². The van der Waals surface area contributed by atoms with Crippen LogP contribution in [0.5, 0.6) is 5.75 Å². The van der Waals surface area contributed by atoms with E-state index in [0.29, 0.717) is 35.4 Å². The Labute approximate surface area is 155 Å². The highest BCUT2D eigenvalue weighted by molar-refractivity contribution is 5.92. The molecule has 1 amide bonds. The summed E-state index contributed by atoms with van der Waals surface area (Å²) in [6.45, 7) is 0.622. The lowest BCUT2D eigenvalue weighted by Gasteiger charge is -2.11. The van der Waals surface area contributed by atoms with Gasteiger partial charge in [-0.25, -0.2) is 4.39 Å². The van der Waals surface area contributed by atoms with Gasteiger partial charge in [-0.1, -0.05) is 12.1 Å². The van der Waals surface area contributed by atoms with Crippen molar-refractivity contribution >= 4 is 22.4 Å². The summed E-state index contributed by atoms with van der Waals surface area (Å²) in [7, 11) is 1.58. The van der Waals surface area contributed by atoms with Crippen molar-refractivity contribution in [1.29, 1.82) is 0 Å². The van der Waals surface area contributed by atoms with Crippen LogP contribution in [0.2, 0.25) is 0 Å². The van der Waals surface area contributed by atoms with E-state index in [-0.39, 0.29) is 12.2 Å². The van der Waals surface area contributed by atoms with Gasteiger partial charge in [-0.05, 0) is 36.4 Å². The molecule has 1 heterocycles. The molecule has 0 unspecified atom stereocenters. The summed E-state index contributed by atoms with van der Waals surface area (Å²) in [5.41, 5.74) is 0.196. The molecule has 3 rings (SSSR count). The van der Waals surface area contributed by atoms with E-state index in [1.807, 2.05) is 0 Å². The van der Waals surface area contributed by atoms with Crippen LogP contribution in [0.15, 0.2) is 59.5 Å². The SMILES string of the molecule is COCCn1ccc2c(OCC(=O)Nc3cccc(F)c3)cccc2c1=O. The highest BCUT2D eigenvalue weighted by Crippen LogP contribution is 2.23. The number of hydrogen-bond donors (Lipinski definition) is 1. The molecule has 1 aromatic heterocycles. The number of pyridine rings is 1. The topological polar surface area (TPSA) is 69.6 Å². The number of halogens is 1. The zero-order chi connectivity index (χ0) is 19.2. The normalized spacial score (nSPS) is 10.7. The first kappa shape index (κ1) is 18.6. The summed E-state index contributed by atoms with van der Waals surface area (Å²) in [4.78, 5) is 24.6. The largest absolute Gasteiger partial charge is 0.483 e. The first-order chi connectivity index (χ1) is 13.1. The van der Waals surface area contributed by atoms with Gasteiger partial charge in [0.2, 0.25) is 0 Å². The Hall–Kier alpha value is -3.19. The lowest BCUT2D eigenvalue weighted by atomic mass is 10.1. The van der Waals surface area contributed by atoms with Crippen molar-refractivity contribution in [1.82, 2.24) is 4.57 Å². The van der Waals surface area contributed by atoms with E-state index in [0.717, 1.165) is 0 Å². The molecule has 140 valence electrons. The van der Waals surface area contributed by atoms with Crippen molar-refractivity contribution in [2.45, 2.75) is 6.54 Å². The Morgan fingerprint density at radius 1 is 1.15 bits per heavy atom. The van der Waals surface area contributed by atoms with E-state index >= 15 is 0 Å². The van der Waals surface area contributed by atoms with Crippen LogP contribution in [-0.2, 0) is 16.1 Å². The maximum atomic E-state index is 13.2. The Morgan fingerprint density at radius 2 is 1.96 bits per heavy atom. The van der Waals surface area contributed by atoms with Gasteiger partial charge in [0.1, 0.15) is 11.6 Å². The molecule has 0 saturated carbocycles. The zero-order valence-corrected chi connectivity index (χ0v) is 14.8. The van der Waals surface area contributed by atoms with Gasteiger partial charge in [-0.15, -0.1) is 0 Å². The fourth-order valence-corrected chi connectivity index (χ4v) is 2.69. The van der Waals surface area contributed by atoms with Gasteiger partial charge in [0.15, 0.2) is 6.61 Å². The number of fused-ring (bicyclic) bond motifs is 1. The summed E-state index contributed by atoms with van der Waals surface area (Å²) in [6.07, 6.45) is 1.67. The highest BCUT2D eigenvalue weighted by Gasteiger charge is 2.10. The zero-order valence-electron chi connectivity index (χ0n) is 14.8. The average molecular weight is 370 g/mol. The van der Waals surface area contributed by atoms with E-state index in [9.17, 15) is 14.0 Å². The number of nitrogens with one attached hydrogen (secondary N) is 1. The molecule has 0 aliphatic carbocycles. The molecule has 0 spiro atoms. The maximum Gasteiger partial charge on any atom is 0.262 e. The standard InChI is InChI=1S/C20H19FN2O4/c1-26-11-10-23-9-8-16-17(20(23)25)6-3-7-18(16)27-13-19(24)22-15-5-2-4-14(21)12-15/h2-9,12H,10-11,13H2,1H3,(H,22,24). The molecular weight excluding hydrogens is 351 g/mol. The van der Waals surface area contributed by atoms with Crippen LogP contribution in [0.1, 0.15) is 0 Å². The molecular formula is C20H19FN2O4. The van der Waals surface area contributed by atoms with Gasteiger partial charge in [-0.3, -0.25) is 9.59 Å². The molecule has 3 aromatic rings. The fourth-order valence-electron chi connectivity index (χ4n) is 2.69. The van der Waals surface area contributed by atoms with Crippen molar-refractivity contribution in [3.05, 3.63) is 70.9 Å². The molecule has 2 aromatic carbocycles. The predicted molar refractivity (Wildman–Crippen MR) is 101 cm³/mol. The summed E-state index contributed by atoms with van der Waals surface area (Å²) < 4.78 is 25.3. The molecule has 27 heavy (non-hydrogen) atoms. The first-order valence-corrected chi connectivity index (χ1v) is 8.38. The van der Waals surface area contributed by atoms with E-state index in [2.05, 4.69) is 5.32 Å². The van der Waals surface area contributed by atoms with Crippen LogP contribution in [0, 0.1) is 5.82 Å². The lowest BCUT2D eigenvalue weighted by Crippen LogP contribution is -2.22. The fraction of sp³-hybridized carbons (Fsp3) is 0.200. The molecule has 6 nitrogen and oxygen atoms in total. The third-order valence-corrected chi connectivity index (χ3v) is 3.98. The summed E-state index contributed by atoms with van der Waals surface area (Å²) in [6, 6.07) is 12.5.